The highest BCUT2D eigenvalue weighted by Crippen LogP contribution is 2.26. The molecule has 0 saturated carbocycles. The minimum Gasteiger partial charge on any atom is -0.348 e. The molecule has 0 heterocycles. The Labute approximate surface area is 211 Å². The van der Waals surface area contributed by atoms with Gasteiger partial charge in [-0.3, -0.25) is 4.79 Å². The van der Waals surface area contributed by atoms with Crippen LogP contribution in [0.5, 0.6) is 0 Å². The van der Waals surface area contributed by atoms with Crippen LogP contribution < -0.4 is 5.32 Å². The normalized spacial score (nSPS) is 12.5. The molecule has 3 aromatic rings. The predicted octanol–water partition coefficient (Wildman–Crippen LogP) is 5.49. The summed E-state index contributed by atoms with van der Waals surface area (Å²) in [6.45, 7) is 7.39. The van der Waals surface area contributed by atoms with Crippen molar-refractivity contribution in [1.82, 2.24) is 9.62 Å². The molecule has 0 aliphatic rings. The number of carbonyl (C=O) groups is 1. The van der Waals surface area contributed by atoms with Crippen LogP contribution >= 0.6 is 15.9 Å². The van der Waals surface area contributed by atoms with Crippen LogP contribution in [0.15, 0.2) is 76.1 Å². The number of aryl methyl sites for hydroxylation is 3. The summed E-state index contributed by atoms with van der Waals surface area (Å²) in [4.78, 5) is 13.3. The number of hydrogen-bond acceptors (Lipinski definition) is 3. The van der Waals surface area contributed by atoms with E-state index < -0.39 is 10.0 Å². The smallest absolute Gasteiger partial charge is 0.244 e. The van der Waals surface area contributed by atoms with Gasteiger partial charge in [-0.05, 0) is 68.5 Å². The number of sulfonamides is 1. The summed E-state index contributed by atoms with van der Waals surface area (Å²) in [7, 11) is -3.89. The third-order valence-corrected chi connectivity index (χ3v) is 8.39. The molecule has 7 heteroatoms. The Morgan fingerprint density at radius 3 is 2.24 bits per heavy atom. The Hall–Kier alpha value is -2.48. The Balaban J connectivity index is 1.86. The second-order valence-electron chi connectivity index (χ2n) is 8.65. The number of rotatable bonds is 9. The number of nitrogens with zero attached hydrogens (tertiary/aromatic N) is 1. The molecule has 0 saturated heterocycles. The summed E-state index contributed by atoms with van der Waals surface area (Å²) in [6.07, 6.45) is 0.512. The van der Waals surface area contributed by atoms with Crippen molar-refractivity contribution in [1.29, 1.82) is 0 Å². The van der Waals surface area contributed by atoms with Gasteiger partial charge in [0.25, 0.3) is 0 Å². The molecule has 0 aromatic heterocycles. The number of hydrogen-bond donors (Lipinski definition) is 1. The third-order valence-electron chi connectivity index (χ3n) is 5.74. The first kappa shape index (κ1) is 26.1. The molecular weight excluding hydrogens is 512 g/mol. The molecule has 3 aromatic carbocycles. The summed E-state index contributed by atoms with van der Waals surface area (Å²) < 4.78 is 29.8. The highest BCUT2D eigenvalue weighted by Gasteiger charge is 2.30. The van der Waals surface area contributed by atoms with E-state index in [4.69, 9.17) is 0 Å². The van der Waals surface area contributed by atoms with Gasteiger partial charge in [-0.2, -0.15) is 4.31 Å². The maximum absolute atomic E-state index is 13.8. The lowest BCUT2D eigenvalue weighted by atomic mass is 10.1. The second kappa shape index (κ2) is 11.3. The van der Waals surface area contributed by atoms with Gasteiger partial charge < -0.3 is 5.32 Å². The molecule has 1 atom stereocenters. The van der Waals surface area contributed by atoms with E-state index in [1.807, 2.05) is 80.6 Å². The van der Waals surface area contributed by atoms with E-state index in [1.54, 1.807) is 13.8 Å². The average molecular weight is 544 g/mol. The Morgan fingerprint density at radius 2 is 1.62 bits per heavy atom. The van der Waals surface area contributed by atoms with Crippen molar-refractivity contribution in [3.05, 3.63) is 99.0 Å². The highest BCUT2D eigenvalue weighted by atomic mass is 79.9. The van der Waals surface area contributed by atoms with E-state index >= 15 is 0 Å². The molecule has 0 aliphatic carbocycles. The van der Waals surface area contributed by atoms with Crippen LogP contribution in [-0.4, -0.2) is 31.7 Å². The molecule has 1 amide bonds. The van der Waals surface area contributed by atoms with Gasteiger partial charge in [-0.25, -0.2) is 8.42 Å². The number of nitrogens with one attached hydrogen (secondary N) is 1. The van der Waals surface area contributed by atoms with E-state index in [-0.39, 0.29) is 29.9 Å². The zero-order valence-electron chi connectivity index (χ0n) is 20.0. The molecule has 0 fully saturated rings. The highest BCUT2D eigenvalue weighted by molar-refractivity contribution is 9.10. The molecule has 0 spiro atoms. The fourth-order valence-corrected chi connectivity index (χ4v) is 6.42. The molecule has 34 heavy (non-hydrogen) atoms. The van der Waals surface area contributed by atoms with Gasteiger partial charge in [0.1, 0.15) is 0 Å². The molecular formula is C27H31BrN2O3S. The number of amides is 1. The monoisotopic (exact) mass is 542 g/mol. The molecule has 3 rings (SSSR count). The zero-order valence-corrected chi connectivity index (χ0v) is 22.4. The van der Waals surface area contributed by atoms with E-state index in [0.29, 0.717) is 17.5 Å². The third kappa shape index (κ3) is 6.56. The Kier molecular flexibility index (Phi) is 8.68. The van der Waals surface area contributed by atoms with Gasteiger partial charge >= 0.3 is 0 Å². The molecule has 180 valence electrons. The Morgan fingerprint density at radius 1 is 0.971 bits per heavy atom. The van der Waals surface area contributed by atoms with E-state index in [2.05, 4.69) is 21.2 Å². The van der Waals surface area contributed by atoms with Crippen LogP contribution in [-0.2, 0) is 21.2 Å². The fourth-order valence-electron chi connectivity index (χ4n) is 4.19. The predicted molar refractivity (Wildman–Crippen MR) is 140 cm³/mol. The Bertz CT molecular complexity index is 1240. The molecule has 1 unspecified atom stereocenters. The summed E-state index contributed by atoms with van der Waals surface area (Å²) in [5, 5.41) is 2.95. The van der Waals surface area contributed by atoms with Gasteiger partial charge in [-0.15, -0.1) is 0 Å². The number of halogens is 1. The van der Waals surface area contributed by atoms with Crippen molar-refractivity contribution < 1.29 is 13.2 Å². The van der Waals surface area contributed by atoms with Gasteiger partial charge in [0, 0.05) is 11.0 Å². The van der Waals surface area contributed by atoms with Gasteiger partial charge in [0.05, 0.1) is 17.5 Å². The van der Waals surface area contributed by atoms with Crippen molar-refractivity contribution in [2.24, 2.45) is 0 Å². The van der Waals surface area contributed by atoms with Crippen LogP contribution in [0.2, 0.25) is 0 Å². The maximum Gasteiger partial charge on any atom is 0.244 e. The van der Waals surface area contributed by atoms with Crippen LogP contribution in [0.25, 0.3) is 0 Å². The SMILES string of the molecule is Cc1cc(C)c(S(=O)(=O)N(CCc2ccccc2)CC(=O)NC(C)c2cccc(Br)c2)c(C)c1. The zero-order chi connectivity index (χ0) is 24.9. The van der Waals surface area contributed by atoms with Gasteiger partial charge in [0.15, 0.2) is 0 Å². The van der Waals surface area contributed by atoms with Crippen LogP contribution in [0.3, 0.4) is 0 Å². The largest absolute Gasteiger partial charge is 0.348 e. The molecule has 1 N–H and O–H groups in total. The minimum absolute atomic E-state index is 0.206. The first-order chi connectivity index (χ1) is 16.1. The van der Waals surface area contributed by atoms with Crippen molar-refractivity contribution in [3.8, 4) is 0 Å². The van der Waals surface area contributed by atoms with Gasteiger partial charge in [-0.1, -0.05) is 76.1 Å². The summed E-state index contributed by atoms with van der Waals surface area (Å²) in [5.41, 5.74) is 4.33. The summed E-state index contributed by atoms with van der Waals surface area (Å²) in [5.74, 6) is -0.341. The number of carbonyl (C=O) groups excluding carboxylic acids is 1. The van der Waals surface area contributed by atoms with E-state index in [1.165, 1.54) is 4.31 Å². The number of benzene rings is 3. The summed E-state index contributed by atoms with van der Waals surface area (Å²) >= 11 is 3.45. The van der Waals surface area contributed by atoms with Crippen LogP contribution in [0, 0.1) is 20.8 Å². The quantitative estimate of drug-likeness (QED) is 0.389. The second-order valence-corrected chi connectivity index (χ2v) is 11.4. The van der Waals surface area contributed by atoms with Crippen molar-refractivity contribution in [3.63, 3.8) is 0 Å². The first-order valence-corrected chi connectivity index (χ1v) is 13.5. The van der Waals surface area contributed by atoms with E-state index in [9.17, 15) is 13.2 Å². The lowest BCUT2D eigenvalue weighted by Crippen LogP contribution is -2.42. The lowest BCUT2D eigenvalue weighted by molar-refractivity contribution is -0.121. The van der Waals surface area contributed by atoms with Crippen LogP contribution in [0.1, 0.15) is 40.8 Å². The van der Waals surface area contributed by atoms with Crippen molar-refractivity contribution in [2.75, 3.05) is 13.1 Å². The van der Waals surface area contributed by atoms with Crippen molar-refractivity contribution >= 4 is 31.9 Å². The maximum atomic E-state index is 13.8. The lowest BCUT2D eigenvalue weighted by Gasteiger charge is -2.25. The standard InChI is InChI=1S/C27H31BrN2O3S/c1-19-15-20(2)27(21(3)16-19)34(32,33)30(14-13-23-9-6-5-7-10-23)18-26(31)29-22(4)24-11-8-12-25(28)17-24/h5-12,15-17,22H,13-14,18H2,1-4H3,(H,29,31). The molecule has 0 radical (unpaired) electrons. The fraction of sp³-hybridized carbons (Fsp3) is 0.296. The van der Waals surface area contributed by atoms with Gasteiger partial charge in [0.2, 0.25) is 15.9 Å². The topological polar surface area (TPSA) is 66.5 Å². The van der Waals surface area contributed by atoms with E-state index in [0.717, 1.165) is 21.2 Å². The molecule has 0 bridgehead atoms. The minimum atomic E-state index is -3.89. The summed E-state index contributed by atoms with van der Waals surface area (Å²) in [6, 6.07) is 20.9. The molecule has 5 nitrogen and oxygen atoms in total. The van der Waals surface area contributed by atoms with Crippen molar-refractivity contribution in [2.45, 2.75) is 45.1 Å². The average Bonchev–Trinajstić information content (AvgIpc) is 2.76. The molecule has 0 aliphatic heterocycles. The first-order valence-electron chi connectivity index (χ1n) is 11.2. The van der Waals surface area contributed by atoms with Crippen LogP contribution in [0.4, 0.5) is 0 Å².